The third-order valence-electron chi connectivity index (χ3n) is 3.24. The Hall–Kier alpha value is -1.93. The number of ether oxygens (including phenoxy) is 2. The second-order valence-corrected chi connectivity index (χ2v) is 5.09. The van der Waals surface area contributed by atoms with Crippen LogP contribution in [0.25, 0.3) is 0 Å². The van der Waals surface area contributed by atoms with Crippen LogP contribution in [-0.4, -0.2) is 43.0 Å². The first-order valence-electron chi connectivity index (χ1n) is 7.75. The number of halogens is 1. The molecule has 0 radical (unpaired) electrons. The second kappa shape index (κ2) is 10.7. The zero-order valence-electron chi connectivity index (χ0n) is 13.7. The molecule has 0 aliphatic heterocycles. The summed E-state index contributed by atoms with van der Waals surface area (Å²) in [6, 6.07) is 7.82. The fourth-order valence-electron chi connectivity index (χ4n) is 2.15. The topological polar surface area (TPSA) is 62.6 Å². The number of nitrogens with zero attached hydrogens (tertiary/aromatic N) is 2. The number of hydrogen-bond donors (Lipinski definition) is 0. The van der Waals surface area contributed by atoms with Crippen LogP contribution in [0.3, 0.4) is 0 Å². The van der Waals surface area contributed by atoms with Crippen LogP contribution in [0.4, 0.5) is 0 Å². The summed E-state index contributed by atoms with van der Waals surface area (Å²) in [6.07, 6.45) is 0.969. The lowest BCUT2D eigenvalue weighted by Crippen LogP contribution is -2.34. The van der Waals surface area contributed by atoms with E-state index in [1.54, 1.807) is 4.90 Å². The summed E-state index contributed by atoms with van der Waals surface area (Å²) in [4.78, 5) is 13.4. The average molecular weight is 339 g/mol. The van der Waals surface area contributed by atoms with E-state index in [2.05, 4.69) is 0 Å². The van der Waals surface area contributed by atoms with Gasteiger partial charge in [-0.3, -0.25) is 4.79 Å². The number of alkyl halides is 1. The lowest BCUT2D eigenvalue weighted by molar-refractivity contribution is -0.128. The first-order valence-corrected chi connectivity index (χ1v) is 8.28. The molecule has 0 spiro atoms. The highest BCUT2D eigenvalue weighted by Gasteiger charge is 2.13. The Morgan fingerprint density at radius 2 is 1.91 bits per heavy atom. The number of carbonyl (C=O) groups is 1. The molecule has 1 aromatic carbocycles. The molecule has 0 saturated carbocycles. The minimum atomic E-state index is -0.155. The second-order valence-electron chi connectivity index (χ2n) is 4.82. The zero-order valence-corrected chi connectivity index (χ0v) is 14.4. The molecule has 23 heavy (non-hydrogen) atoms. The number of rotatable bonds is 10. The smallest absolute Gasteiger partial charge is 0.237 e. The van der Waals surface area contributed by atoms with Crippen molar-refractivity contribution in [3.63, 3.8) is 0 Å². The van der Waals surface area contributed by atoms with Gasteiger partial charge in [0.25, 0.3) is 0 Å². The van der Waals surface area contributed by atoms with E-state index in [9.17, 15) is 4.79 Å². The number of nitriles is 1. The van der Waals surface area contributed by atoms with Gasteiger partial charge in [0.15, 0.2) is 11.5 Å². The number of hydrogen-bond acceptors (Lipinski definition) is 4. The molecule has 0 aliphatic carbocycles. The summed E-state index contributed by atoms with van der Waals surface area (Å²) in [5.74, 6) is 1.20. The molecular weight excluding hydrogens is 316 g/mol. The highest BCUT2D eigenvalue weighted by Crippen LogP contribution is 2.28. The molecule has 126 valence electrons. The summed E-state index contributed by atoms with van der Waals surface area (Å²) in [6.45, 7) is 5.90. The SMILES string of the molecule is CCOc1ccc(CCN(CCC#N)C(=O)CCl)cc1OCC. The summed E-state index contributed by atoms with van der Waals surface area (Å²) in [5, 5.41) is 8.68. The van der Waals surface area contributed by atoms with Crippen molar-refractivity contribution < 1.29 is 14.3 Å². The van der Waals surface area contributed by atoms with E-state index < -0.39 is 0 Å². The van der Waals surface area contributed by atoms with Gasteiger partial charge in [0.05, 0.1) is 25.7 Å². The fourth-order valence-corrected chi connectivity index (χ4v) is 2.31. The quantitative estimate of drug-likeness (QED) is 0.615. The molecule has 0 heterocycles. The molecule has 0 unspecified atom stereocenters. The Kier molecular flexibility index (Phi) is 8.93. The van der Waals surface area contributed by atoms with E-state index in [1.165, 1.54) is 0 Å². The molecule has 0 fully saturated rings. The van der Waals surface area contributed by atoms with Gasteiger partial charge in [-0.15, -0.1) is 11.6 Å². The maximum atomic E-state index is 11.8. The maximum absolute atomic E-state index is 11.8. The lowest BCUT2D eigenvalue weighted by atomic mass is 10.1. The molecule has 1 rings (SSSR count). The molecule has 0 bridgehead atoms. The van der Waals surface area contributed by atoms with Gasteiger partial charge >= 0.3 is 0 Å². The van der Waals surface area contributed by atoms with E-state index in [0.29, 0.717) is 44.9 Å². The van der Waals surface area contributed by atoms with Gasteiger partial charge < -0.3 is 14.4 Å². The van der Waals surface area contributed by atoms with E-state index in [1.807, 2.05) is 38.1 Å². The van der Waals surface area contributed by atoms with Gasteiger partial charge in [-0.2, -0.15) is 5.26 Å². The van der Waals surface area contributed by atoms with Crippen molar-refractivity contribution in [2.45, 2.75) is 26.7 Å². The van der Waals surface area contributed by atoms with Crippen molar-refractivity contribution in [1.82, 2.24) is 4.90 Å². The minimum Gasteiger partial charge on any atom is -0.490 e. The predicted octanol–water partition coefficient (Wildman–Crippen LogP) is 3.01. The normalized spacial score (nSPS) is 10.0. The molecule has 0 aliphatic rings. The molecule has 6 heteroatoms. The van der Waals surface area contributed by atoms with Gasteiger partial charge in [0, 0.05) is 13.1 Å². The molecular formula is C17H23ClN2O3. The van der Waals surface area contributed by atoms with Gasteiger partial charge in [0.1, 0.15) is 5.88 Å². The van der Waals surface area contributed by atoms with Crippen molar-refractivity contribution in [3.05, 3.63) is 23.8 Å². The first kappa shape index (κ1) is 19.1. The largest absolute Gasteiger partial charge is 0.490 e. The zero-order chi connectivity index (χ0) is 17.1. The molecule has 0 atom stereocenters. The Balaban J connectivity index is 2.76. The number of amides is 1. The highest BCUT2D eigenvalue weighted by atomic mass is 35.5. The Labute approximate surface area is 142 Å². The van der Waals surface area contributed by atoms with E-state index in [-0.39, 0.29) is 11.8 Å². The van der Waals surface area contributed by atoms with E-state index in [0.717, 1.165) is 11.3 Å². The lowest BCUT2D eigenvalue weighted by Gasteiger charge is -2.21. The molecule has 0 aromatic heterocycles. The highest BCUT2D eigenvalue weighted by molar-refractivity contribution is 6.27. The van der Waals surface area contributed by atoms with Gasteiger partial charge in [0.2, 0.25) is 5.91 Å². The Bertz CT molecular complexity index is 543. The number of carbonyl (C=O) groups excluding carboxylic acids is 1. The Morgan fingerprint density at radius 1 is 1.22 bits per heavy atom. The summed E-state index contributed by atoms with van der Waals surface area (Å²) in [5.41, 5.74) is 1.04. The van der Waals surface area contributed by atoms with Crippen LogP contribution in [0.1, 0.15) is 25.8 Å². The average Bonchev–Trinajstić information content (AvgIpc) is 2.57. The molecule has 1 aromatic rings. The van der Waals surface area contributed by atoms with E-state index >= 15 is 0 Å². The van der Waals surface area contributed by atoms with Crippen LogP contribution in [-0.2, 0) is 11.2 Å². The van der Waals surface area contributed by atoms with Crippen molar-refractivity contribution in [2.24, 2.45) is 0 Å². The predicted molar refractivity (Wildman–Crippen MR) is 90.0 cm³/mol. The monoisotopic (exact) mass is 338 g/mol. The third kappa shape index (κ3) is 6.37. The molecule has 5 nitrogen and oxygen atoms in total. The minimum absolute atomic E-state index is 0.0705. The van der Waals surface area contributed by atoms with Crippen LogP contribution in [0.15, 0.2) is 18.2 Å². The maximum Gasteiger partial charge on any atom is 0.237 e. The van der Waals surface area contributed by atoms with Crippen molar-refractivity contribution in [1.29, 1.82) is 5.26 Å². The molecule has 0 N–H and O–H groups in total. The fraction of sp³-hybridized carbons (Fsp3) is 0.529. The molecule has 1 amide bonds. The standard InChI is InChI=1S/C17H23ClN2O3/c1-3-22-15-7-6-14(12-16(15)23-4-2)8-11-20(10-5-9-19)17(21)13-18/h6-7,12H,3-5,8,10-11,13H2,1-2H3. The third-order valence-corrected chi connectivity index (χ3v) is 3.47. The van der Waals surface area contributed by atoms with Crippen molar-refractivity contribution in [3.8, 4) is 17.6 Å². The first-order chi connectivity index (χ1) is 11.2. The Morgan fingerprint density at radius 3 is 2.52 bits per heavy atom. The van der Waals surface area contributed by atoms with Gasteiger partial charge in [-0.25, -0.2) is 0 Å². The number of benzene rings is 1. The van der Waals surface area contributed by atoms with Gasteiger partial charge in [-0.1, -0.05) is 6.07 Å². The summed E-state index contributed by atoms with van der Waals surface area (Å²) < 4.78 is 11.1. The summed E-state index contributed by atoms with van der Waals surface area (Å²) >= 11 is 5.62. The van der Waals surface area contributed by atoms with Crippen LogP contribution in [0.2, 0.25) is 0 Å². The van der Waals surface area contributed by atoms with Crippen LogP contribution in [0, 0.1) is 11.3 Å². The van der Waals surface area contributed by atoms with Crippen LogP contribution in [0.5, 0.6) is 11.5 Å². The van der Waals surface area contributed by atoms with Crippen molar-refractivity contribution >= 4 is 17.5 Å². The van der Waals surface area contributed by atoms with Crippen molar-refractivity contribution in [2.75, 3.05) is 32.2 Å². The summed E-state index contributed by atoms with van der Waals surface area (Å²) in [7, 11) is 0. The van der Waals surface area contributed by atoms with E-state index in [4.69, 9.17) is 26.3 Å². The van der Waals surface area contributed by atoms with Gasteiger partial charge in [-0.05, 0) is 38.0 Å². The van der Waals surface area contributed by atoms with Crippen LogP contribution >= 0.6 is 11.6 Å². The van der Waals surface area contributed by atoms with Crippen LogP contribution < -0.4 is 9.47 Å². The molecule has 0 saturated heterocycles.